The molecule has 0 unspecified atom stereocenters. The van der Waals surface area contributed by atoms with Crippen LogP contribution in [0.25, 0.3) is 133 Å². The van der Waals surface area contributed by atoms with Crippen LogP contribution >= 0.6 is 0 Å². The van der Waals surface area contributed by atoms with Crippen LogP contribution in [0, 0.1) is 102 Å². The van der Waals surface area contributed by atoms with Crippen LogP contribution in [0.2, 0.25) is 0 Å². The Balaban J connectivity index is 1.12. The van der Waals surface area contributed by atoms with Gasteiger partial charge in [-0.2, -0.15) is 47.4 Å². The molecule has 13 nitrogen and oxygen atoms in total. The Morgan fingerprint density at radius 3 is 0.750 bits per heavy atom. The van der Waals surface area contributed by atoms with Crippen molar-refractivity contribution in [1.29, 1.82) is 47.4 Å². The topological polar surface area (TPSA) is 250 Å². The molecule has 418 valence electrons. The molecule has 0 spiro atoms. The van der Waals surface area contributed by atoms with Crippen molar-refractivity contribution in [2.45, 2.75) is 0 Å². The monoisotopic (exact) mass is 1170 g/mol. The van der Waals surface area contributed by atoms with E-state index in [4.69, 9.17) is 9.97 Å². The molecule has 0 radical (unpaired) electrons. The lowest BCUT2D eigenvalue weighted by Gasteiger charge is -2.19. The molecule has 0 aliphatic heterocycles. The van der Waals surface area contributed by atoms with Gasteiger partial charge in [-0.3, -0.25) is 0 Å². The Labute approximate surface area is 526 Å². The fourth-order valence-electron chi connectivity index (χ4n) is 12.3. The van der Waals surface area contributed by atoms with Gasteiger partial charge in [-0.05, 0) is 184 Å². The van der Waals surface area contributed by atoms with Gasteiger partial charge in [-0.15, -0.1) is 0 Å². The largest absolute Gasteiger partial charge is 0.308 e. The van der Waals surface area contributed by atoms with Crippen LogP contribution in [-0.2, 0) is 0 Å². The van der Waals surface area contributed by atoms with E-state index in [1.807, 2.05) is 161 Å². The van der Waals surface area contributed by atoms with Gasteiger partial charge in [0.25, 0.3) is 0 Å². The summed E-state index contributed by atoms with van der Waals surface area (Å²) in [7, 11) is 0. The number of hydrogen-bond donors (Lipinski definition) is 0. The van der Waals surface area contributed by atoms with Gasteiger partial charge in [0.1, 0.15) is 11.6 Å². The molecule has 0 aliphatic rings. The van der Waals surface area contributed by atoms with Crippen molar-refractivity contribution in [3.63, 3.8) is 0 Å². The summed E-state index contributed by atoms with van der Waals surface area (Å²) in [5.74, 6) is 0.348. The zero-order valence-electron chi connectivity index (χ0n) is 48.2. The van der Waals surface area contributed by atoms with Crippen LogP contribution in [0.4, 0.5) is 0 Å². The minimum absolute atomic E-state index is 0.247. The minimum Gasteiger partial charge on any atom is -0.308 e. The molecule has 0 saturated heterocycles. The lowest BCUT2D eigenvalue weighted by atomic mass is 9.97. The summed E-state index contributed by atoms with van der Waals surface area (Å²) in [4.78, 5) is 10.7. The molecule has 3 heterocycles. The summed E-state index contributed by atoms with van der Waals surface area (Å²) >= 11 is 0. The number of benzene rings is 11. The van der Waals surface area contributed by atoms with Gasteiger partial charge in [0.2, 0.25) is 0 Å². The first-order valence-corrected chi connectivity index (χ1v) is 28.7. The molecular weight excluding hydrogens is 1130 g/mol. The van der Waals surface area contributed by atoms with Gasteiger partial charge in [-0.1, -0.05) is 84.9 Å². The van der Waals surface area contributed by atoms with Gasteiger partial charge in [0, 0.05) is 38.2 Å². The van der Waals surface area contributed by atoms with E-state index in [-0.39, 0.29) is 5.56 Å². The molecule has 92 heavy (non-hydrogen) atoms. The Kier molecular flexibility index (Phi) is 13.7. The summed E-state index contributed by atoms with van der Waals surface area (Å²) in [5, 5.41) is 96.0. The summed E-state index contributed by atoms with van der Waals surface area (Å²) in [6, 6.07) is 89.2. The van der Waals surface area contributed by atoms with E-state index in [2.05, 4.69) is 54.6 Å². The SMILES string of the molecule is N#Cc1cc(C#N)cc(-c2ccc3c(c2)c2cc(-c4cc(C#N)cc(C#N)c4)ccc2n3-c2cc(-c3nc(-c4ccccc4)cc(-c4ccccc4)n3)cc(-n3c4ccc(-c5cc(C#N)cc(C#N)c5)cc4c4cc(-c5cc(C#N)cc(C#N)c5)ccc43)c2C#N)c1. The highest BCUT2D eigenvalue weighted by Crippen LogP contribution is 2.44. The highest BCUT2D eigenvalue weighted by molar-refractivity contribution is 6.14. The quantitative estimate of drug-likeness (QED) is 0.131. The summed E-state index contributed by atoms with van der Waals surface area (Å²) in [6.45, 7) is 0. The Bertz CT molecular complexity index is 5200. The standard InChI is InChI=1S/C79H37N13/c80-38-47-19-48(39-81)24-61(23-47)57-11-15-73-66(31-57)67-32-58(62-25-49(40-82)20-50(26-62)41-83)12-16-74(67)91(73)77-35-65(79-89-71(55-7-3-1-4-8-55)37-72(90-79)56-9-5-2-6-10-56)36-78(70(77)46-88)92-75-17-13-59(63-27-51(42-84)21-52(28-63)43-85)33-68(75)69-34-60(14-18-76(69)92)64-29-53(44-86)22-54(30-64)45-87/h1-37H. The molecule has 3 aromatic heterocycles. The zero-order chi connectivity index (χ0) is 63.1. The molecule has 0 fully saturated rings. The minimum atomic E-state index is 0.247. The van der Waals surface area contributed by atoms with Gasteiger partial charge in [0.05, 0.1) is 138 Å². The highest BCUT2D eigenvalue weighted by atomic mass is 15.0. The molecule has 0 amide bonds. The number of rotatable bonds is 9. The molecule has 14 aromatic rings. The van der Waals surface area contributed by atoms with E-state index < -0.39 is 0 Å². The molecule has 14 rings (SSSR count). The second-order valence-electron chi connectivity index (χ2n) is 21.9. The van der Waals surface area contributed by atoms with E-state index in [1.165, 1.54) is 24.3 Å². The maximum atomic E-state index is 12.2. The van der Waals surface area contributed by atoms with Gasteiger partial charge in [-0.25, -0.2) is 9.97 Å². The zero-order valence-corrected chi connectivity index (χ0v) is 48.2. The van der Waals surface area contributed by atoms with E-state index in [0.717, 1.165) is 32.7 Å². The van der Waals surface area contributed by atoms with Crippen LogP contribution in [0.5, 0.6) is 0 Å². The fourth-order valence-corrected chi connectivity index (χ4v) is 12.3. The number of nitriles is 9. The molecule has 13 heteroatoms. The first-order valence-electron chi connectivity index (χ1n) is 28.7. The maximum Gasteiger partial charge on any atom is 0.160 e. The van der Waals surface area contributed by atoms with Crippen molar-refractivity contribution < 1.29 is 0 Å². The van der Waals surface area contributed by atoms with E-state index >= 15 is 0 Å². The number of aromatic nitrogens is 4. The van der Waals surface area contributed by atoms with Crippen molar-refractivity contribution in [2.75, 3.05) is 0 Å². The maximum absolute atomic E-state index is 12.2. The Hall–Kier alpha value is -14.5. The first kappa shape index (κ1) is 55.4. The lowest BCUT2D eigenvalue weighted by Crippen LogP contribution is -2.06. The molecule has 0 saturated carbocycles. The van der Waals surface area contributed by atoms with Crippen molar-refractivity contribution >= 4 is 43.6 Å². The van der Waals surface area contributed by atoms with E-state index in [9.17, 15) is 47.4 Å². The second-order valence-corrected chi connectivity index (χ2v) is 21.9. The molecular formula is C79H37N13. The molecule has 0 bridgehead atoms. The average molecular weight is 1170 g/mol. The summed E-state index contributed by atoms with van der Waals surface area (Å²) in [5.41, 5.74) is 15.2. The third-order valence-corrected chi connectivity index (χ3v) is 16.4. The third-order valence-electron chi connectivity index (χ3n) is 16.4. The van der Waals surface area contributed by atoms with E-state index in [1.54, 1.807) is 48.5 Å². The van der Waals surface area contributed by atoms with Crippen LogP contribution in [0.1, 0.15) is 50.1 Å². The number of fused-ring (bicyclic) bond motifs is 6. The molecule has 0 N–H and O–H groups in total. The van der Waals surface area contributed by atoms with Crippen molar-refractivity contribution in [1.82, 2.24) is 19.1 Å². The van der Waals surface area contributed by atoms with Gasteiger partial charge in [0.15, 0.2) is 5.82 Å². The third kappa shape index (κ3) is 9.74. The van der Waals surface area contributed by atoms with Crippen LogP contribution in [0.3, 0.4) is 0 Å². The lowest BCUT2D eigenvalue weighted by molar-refractivity contribution is 1.11. The predicted molar refractivity (Wildman–Crippen MR) is 351 cm³/mol. The van der Waals surface area contributed by atoms with E-state index in [0.29, 0.717) is 145 Å². The fraction of sp³-hybridized carbons (Fsp3) is 0. The number of hydrogen-bond acceptors (Lipinski definition) is 11. The number of nitrogens with zero attached hydrogens (tertiary/aromatic N) is 13. The predicted octanol–water partition coefficient (Wildman–Crippen LogP) is 17.2. The highest BCUT2D eigenvalue weighted by Gasteiger charge is 2.26. The summed E-state index contributed by atoms with van der Waals surface area (Å²) in [6.07, 6.45) is 0. The van der Waals surface area contributed by atoms with Crippen LogP contribution in [0.15, 0.2) is 224 Å². The molecule has 0 atom stereocenters. The second kappa shape index (κ2) is 22.7. The normalized spacial score (nSPS) is 10.7. The van der Waals surface area contributed by atoms with Crippen molar-refractivity contribution in [2.24, 2.45) is 0 Å². The van der Waals surface area contributed by atoms with Gasteiger partial charge < -0.3 is 9.13 Å². The first-order chi connectivity index (χ1) is 45.1. The Morgan fingerprint density at radius 2 is 0.500 bits per heavy atom. The van der Waals surface area contributed by atoms with Gasteiger partial charge >= 0.3 is 0 Å². The van der Waals surface area contributed by atoms with Crippen LogP contribution in [-0.4, -0.2) is 19.1 Å². The average Bonchev–Trinajstić information content (AvgIpc) is 1.59. The smallest absolute Gasteiger partial charge is 0.160 e. The van der Waals surface area contributed by atoms with Crippen molar-refractivity contribution in [3.8, 4) is 144 Å². The molecule has 11 aromatic carbocycles. The molecule has 0 aliphatic carbocycles. The summed E-state index contributed by atoms with van der Waals surface area (Å²) < 4.78 is 4.07. The Morgan fingerprint density at radius 1 is 0.228 bits per heavy atom. The van der Waals surface area contributed by atoms with Crippen LogP contribution < -0.4 is 0 Å². The van der Waals surface area contributed by atoms with Crippen molar-refractivity contribution in [3.05, 3.63) is 275 Å².